The number of carbonyl (C=O) groups is 1. The maximum absolute atomic E-state index is 13.5. The summed E-state index contributed by atoms with van der Waals surface area (Å²) in [6, 6.07) is 25.3. The minimum atomic E-state index is -4.44. The van der Waals surface area contributed by atoms with Crippen molar-refractivity contribution in [2.75, 3.05) is 97.7 Å². The van der Waals surface area contributed by atoms with E-state index in [9.17, 15) is 18.0 Å². The SMILES string of the molecule is Cc1cc(C)cc(Nc2nccc(-c3c(-c4ccc(C(F)(F)F)cc4)ncn3C3CCN(CCCN(C)CCOCCOCCNC(=O)CN4CCC(n5nnc(C)c5-c5cccc(Oc6cc(C)cc(C)c6)n5)CC4)CC3)n2)c1. The van der Waals surface area contributed by atoms with Crippen molar-refractivity contribution in [1.29, 1.82) is 0 Å². The molecular formula is C60H74F3N13O4. The molecule has 3 aromatic carbocycles. The highest BCUT2D eigenvalue weighted by Crippen LogP contribution is 2.38. The predicted molar refractivity (Wildman–Crippen MR) is 303 cm³/mol. The Morgan fingerprint density at radius 1 is 0.725 bits per heavy atom. The lowest BCUT2D eigenvalue weighted by Gasteiger charge is -2.33. The van der Waals surface area contributed by atoms with Gasteiger partial charge in [0, 0.05) is 68.8 Å². The zero-order valence-corrected chi connectivity index (χ0v) is 46.8. The van der Waals surface area contributed by atoms with Gasteiger partial charge in [0.15, 0.2) is 0 Å². The summed E-state index contributed by atoms with van der Waals surface area (Å²) >= 11 is 0. The number of aromatic nitrogens is 8. The number of benzene rings is 3. The Labute approximate surface area is 466 Å². The van der Waals surface area contributed by atoms with Crippen molar-refractivity contribution in [1.82, 2.24) is 59.5 Å². The Bertz CT molecular complexity index is 3110. The molecule has 20 heteroatoms. The molecule has 2 aliphatic rings. The third-order valence-electron chi connectivity index (χ3n) is 14.7. The number of rotatable bonds is 24. The van der Waals surface area contributed by atoms with Gasteiger partial charge in [0.1, 0.15) is 11.4 Å². The first-order valence-corrected chi connectivity index (χ1v) is 27.8. The van der Waals surface area contributed by atoms with Gasteiger partial charge < -0.3 is 39.2 Å². The van der Waals surface area contributed by atoms with Gasteiger partial charge in [0.25, 0.3) is 0 Å². The number of pyridine rings is 1. The Hall–Kier alpha value is -7.10. The highest BCUT2D eigenvalue weighted by Gasteiger charge is 2.32. The molecule has 2 saturated heterocycles. The molecular weight excluding hydrogens is 1020 g/mol. The second-order valence-electron chi connectivity index (χ2n) is 21.3. The van der Waals surface area contributed by atoms with Crippen molar-refractivity contribution in [2.45, 2.75) is 85.0 Å². The van der Waals surface area contributed by atoms with Crippen LogP contribution >= 0.6 is 0 Å². The van der Waals surface area contributed by atoms with E-state index in [-0.39, 0.29) is 18.0 Å². The van der Waals surface area contributed by atoms with Gasteiger partial charge in [-0.1, -0.05) is 35.5 Å². The van der Waals surface area contributed by atoms with E-state index in [1.807, 2.05) is 87.8 Å². The number of alkyl halides is 3. The molecule has 80 heavy (non-hydrogen) atoms. The van der Waals surface area contributed by atoms with E-state index in [0.29, 0.717) is 68.3 Å². The number of piperidine rings is 2. The van der Waals surface area contributed by atoms with Crippen LogP contribution in [-0.2, 0) is 20.4 Å². The van der Waals surface area contributed by atoms with Crippen molar-refractivity contribution in [3.8, 4) is 45.7 Å². The lowest BCUT2D eigenvalue weighted by Crippen LogP contribution is -2.42. The van der Waals surface area contributed by atoms with Gasteiger partial charge in [-0.25, -0.2) is 24.6 Å². The van der Waals surface area contributed by atoms with Crippen molar-refractivity contribution >= 4 is 17.5 Å². The number of hydrogen-bond donors (Lipinski definition) is 2. The van der Waals surface area contributed by atoms with Gasteiger partial charge >= 0.3 is 6.18 Å². The fourth-order valence-corrected chi connectivity index (χ4v) is 10.8. The summed E-state index contributed by atoms with van der Waals surface area (Å²) < 4.78 is 62.5. The van der Waals surface area contributed by atoms with Crippen molar-refractivity contribution < 1.29 is 32.2 Å². The maximum Gasteiger partial charge on any atom is 0.416 e. The third kappa shape index (κ3) is 15.6. The highest BCUT2D eigenvalue weighted by molar-refractivity contribution is 5.78. The molecule has 9 rings (SSSR count). The summed E-state index contributed by atoms with van der Waals surface area (Å²) in [6.45, 7) is 18.9. The number of hydrogen-bond acceptors (Lipinski definition) is 14. The molecule has 2 N–H and O–H groups in total. The average Bonchev–Trinajstić information content (AvgIpc) is 4.09. The number of amides is 1. The number of ether oxygens (including phenoxy) is 3. The number of imidazole rings is 1. The Kier molecular flexibility index (Phi) is 19.4. The van der Waals surface area contributed by atoms with Gasteiger partial charge in [-0.3, -0.25) is 9.69 Å². The van der Waals surface area contributed by atoms with E-state index in [0.717, 1.165) is 147 Å². The Balaban J connectivity index is 0.642. The molecule has 2 fully saturated rings. The molecule has 0 aliphatic carbocycles. The second-order valence-corrected chi connectivity index (χ2v) is 21.3. The molecule has 6 heterocycles. The van der Waals surface area contributed by atoms with Gasteiger partial charge in [-0.05, 0) is 158 Å². The lowest BCUT2D eigenvalue weighted by molar-refractivity contribution is -0.137. The van der Waals surface area contributed by atoms with Crippen LogP contribution in [0.3, 0.4) is 0 Å². The van der Waals surface area contributed by atoms with E-state index in [1.165, 1.54) is 12.1 Å². The van der Waals surface area contributed by atoms with Gasteiger partial charge in [-0.2, -0.15) is 13.2 Å². The number of nitrogens with zero attached hydrogens (tertiary/aromatic N) is 11. The summed E-state index contributed by atoms with van der Waals surface area (Å²) in [5.74, 6) is 1.66. The Morgan fingerprint density at radius 2 is 1.39 bits per heavy atom. The molecule has 0 spiro atoms. The van der Waals surface area contributed by atoms with Crippen LogP contribution in [0.2, 0.25) is 0 Å². The third-order valence-corrected chi connectivity index (χ3v) is 14.7. The molecule has 0 bridgehead atoms. The van der Waals surface area contributed by atoms with Crippen LogP contribution in [0.5, 0.6) is 11.6 Å². The molecule has 1 amide bonds. The van der Waals surface area contributed by atoms with Crippen molar-refractivity contribution in [3.05, 3.63) is 131 Å². The van der Waals surface area contributed by atoms with E-state index in [2.05, 4.69) is 64.4 Å². The fraction of sp³-hybridized carbons (Fsp3) is 0.450. The first-order valence-electron chi connectivity index (χ1n) is 27.8. The number of likely N-dealkylation sites (N-methyl/N-ethyl adjacent to an activating group) is 1. The van der Waals surface area contributed by atoms with Crippen LogP contribution in [-0.4, -0.2) is 152 Å². The first-order chi connectivity index (χ1) is 38.6. The fourth-order valence-electron chi connectivity index (χ4n) is 10.8. The van der Waals surface area contributed by atoms with E-state index in [1.54, 1.807) is 12.5 Å². The molecule has 0 atom stereocenters. The summed E-state index contributed by atoms with van der Waals surface area (Å²) in [7, 11) is 2.11. The van der Waals surface area contributed by atoms with Crippen LogP contribution in [0.1, 0.15) is 77.7 Å². The molecule has 424 valence electrons. The summed E-state index contributed by atoms with van der Waals surface area (Å²) in [5.41, 5.74) is 9.63. The van der Waals surface area contributed by atoms with Crippen molar-refractivity contribution in [3.63, 3.8) is 0 Å². The largest absolute Gasteiger partial charge is 0.439 e. The standard InChI is InChI=1S/C60H74F3N13O4/c1-41-33-42(2)36-48(35-41)67-59-65-20-15-53(69-59)58-56(46-11-13-47(14-12-46)60(61,62)63)66-40-75(58)49-16-24-73(25-17-49)23-8-22-72(6)28-30-79-32-31-78-29-21-64-54(77)39-74-26-18-50(19-27-74)76-57(45(5)70-71-76)52-9-7-10-55(68-52)80-51-37-43(3)34-44(4)38-51/h7,9-15,20,33-38,40,49-50H,8,16-19,21-32,39H2,1-6H3,(H,64,77)(H,65,67,69). The van der Waals surface area contributed by atoms with Crippen LogP contribution < -0.4 is 15.4 Å². The summed E-state index contributed by atoms with van der Waals surface area (Å²) in [5, 5.41) is 15.3. The summed E-state index contributed by atoms with van der Waals surface area (Å²) in [6.07, 6.45) is 3.53. The molecule has 0 radical (unpaired) electrons. The summed E-state index contributed by atoms with van der Waals surface area (Å²) in [4.78, 5) is 38.8. The van der Waals surface area contributed by atoms with Crippen LogP contribution in [0.4, 0.5) is 24.8 Å². The number of halogens is 3. The molecule has 0 saturated carbocycles. The molecule has 7 aromatic rings. The number of likely N-dealkylation sites (tertiary alicyclic amines) is 2. The number of carbonyl (C=O) groups excluding carboxylic acids is 1. The minimum absolute atomic E-state index is 0.0203. The zero-order chi connectivity index (χ0) is 56.2. The molecule has 17 nitrogen and oxygen atoms in total. The Morgan fingerprint density at radius 3 is 2.10 bits per heavy atom. The molecule has 2 aliphatic heterocycles. The first kappa shape index (κ1) is 57.6. The van der Waals surface area contributed by atoms with Gasteiger partial charge in [-0.15, -0.1) is 5.10 Å². The lowest BCUT2D eigenvalue weighted by atomic mass is 10.0. The normalized spacial score (nSPS) is 15.0. The number of nitrogens with one attached hydrogen (secondary N) is 2. The minimum Gasteiger partial charge on any atom is -0.439 e. The van der Waals surface area contributed by atoms with Crippen LogP contribution in [0, 0.1) is 34.6 Å². The monoisotopic (exact) mass is 1100 g/mol. The molecule has 0 unspecified atom stereocenters. The highest BCUT2D eigenvalue weighted by atomic mass is 19.4. The van der Waals surface area contributed by atoms with Gasteiger partial charge in [0.05, 0.1) is 79.4 Å². The van der Waals surface area contributed by atoms with E-state index < -0.39 is 11.7 Å². The van der Waals surface area contributed by atoms with E-state index >= 15 is 0 Å². The van der Waals surface area contributed by atoms with Crippen LogP contribution in [0.15, 0.2) is 97.5 Å². The second kappa shape index (κ2) is 26.9. The zero-order valence-electron chi connectivity index (χ0n) is 46.8. The molecule has 4 aromatic heterocycles. The van der Waals surface area contributed by atoms with Gasteiger partial charge in [0.2, 0.25) is 17.7 Å². The topological polar surface area (TPSA) is 166 Å². The number of aryl methyl sites for hydroxylation is 5. The maximum atomic E-state index is 13.5. The smallest absolute Gasteiger partial charge is 0.416 e. The van der Waals surface area contributed by atoms with Crippen molar-refractivity contribution in [2.24, 2.45) is 0 Å². The van der Waals surface area contributed by atoms with E-state index in [4.69, 9.17) is 29.2 Å². The predicted octanol–water partition coefficient (Wildman–Crippen LogP) is 10.2. The average molecular weight is 1100 g/mol. The van der Waals surface area contributed by atoms with Crippen LogP contribution in [0.25, 0.3) is 34.0 Å². The quantitative estimate of drug-likeness (QED) is 0.0549. The number of anilines is 2.